The Morgan fingerprint density at radius 2 is 2.00 bits per heavy atom. The van der Waals surface area contributed by atoms with Gasteiger partial charge in [0.1, 0.15) is 23.3 Å². The zero-order valence-corrected chi connectivity index (χ0v) is 19.4. The lowest BCUT2D eigenvalue weighted by Crippen LogP contribution is -2.36. The van der Waals surface area contributed by atoms with E-state index >= 15 is 0 Å². The molecule has 3 N–H and O–H groups in total. The highest BCUT2D eigenvalue weighted by atomic mass is 16.6. The summed E-state index contributed by atoms with van der Waals surface area (Å²) in [6.07, 6.45) is 7.24. The summed E-state index contributed by atoms with van der Waals surface area (Å²) >= 11 is 0. The average molecular weight is 448 g/mol. The van der Waals surface area contributed by atoms with Crippen molar-refractivity contribution < 1.29 is 14.3 Å². The second-order valence-electron chi connectivity index (χ2n) is 9.82. The maximum absolute atomic E-state index is 12.3. The zero-order valence-electron chi connectivity index (χ0n) is 19.4. The lowest BCUT2D eigenvalue weighted by molar-refractivity contribution is -0.00714. The van der Waals surface area contributed by atoms with Crippen LogP contribution in [0.25, 0.3) is 10.8 Å². The summed E-state index contributed by atoms with van der Waals surface area (Å²) in [4.78, 5) is 26.1. The molecule has 3 aromatic rings. The Kier molecular flexibility index (Phi) is 5.01. The number of aromatic nitrogens is 3. The van der Waals surface area contributed by atoms with E-state index in [-0.39, 0.29) is 12.1 Å². The number of carbonyl (C=O) groups is 1. The third-order valence-corrected chi connectivity index (χ3v) is 6.30. The molecule has 0 bridgehead atoms. The molecule has 0 unspecified atom stereocenters. The van der Waals surface area contributed by atoms with Crippen molar-refractivity contribution in [1.29, 1.82) is 0 Å². The van der Waals surface area contributed by atoms with Gasteiger partial charge in [-0.1, -0.05) is 6.92 Å². The molecule has 1 aliphatic carbocycles. The summed E-state index contributed by atoms with van der Waals surface area (Å²) in [6.45, 7) is 7.83. The molecule has 172 valence electrons. The molecule has 1 fully saturated rings. The molecule has 5 rings (SSSR count). The first-order chi connectivity index (χ1) is 15.6. The molecule has 33 heavy (non-hydrogen) atoms. The second-order valence-corrected chi connectivity index (χ2v) is 9.82. The van der Waals surface area contributed by atoms with Crippen molar-refractivity contribution >= 4 is 28.4 Å². The highest BCUT2D eigenvalue weighted by Crippen LogP contribution is 2.36. The maximum atomic E-state index is 12.3. The fraction of sp³-hybridized carbons (Fsp3) is 0.440. The number of carbonyl (C=O) groups excluding carboxylic acids is 1. The van der Waals surface area contributed by atoms with Crippen LogP contribution in [-0.4, -0.2) is 32.6 Å². The van der Waals surface area contributed by atoms with Crippen LogP contribution in [0.15, 0.2) is 30.6 Å². The zero-order chi connectivity index (χ0) is 23.4. The van der Waals surface area contributed by atoms with E-state index in [4.69, 9.17) is 15.2 Å². The number of anilines is 2. The molecule has 0 aromatic carbocycles. The summed E-state index contributed by atoms with van der Waals surface area (Å²) in [6, 6.07) is 5.47. The summed E-state index contributed by atoms with van der Waals surface area (Å²) in [5.41, 5.74) is 7.64. The minimum absolute atomic E-state index is 0.232. The fourth-order valence-electron chi connectivity index (χ4n) is 4.03. The molecule has 0 saturated heterocycles. The fourth-order valence-corrected chi connectivity index (χ4v) is 4.03. The van der Waals surface area contributed by atoms with Crippen LogP contribution in [0.3, 0.4) is 0 Å². The first-order valence-corrected chi connectivity index (χ1v) is 11.4. The van der Waals surface area contributed by atoms with Gasteiger partial charge >= 0.3 is 5.97 Å². The van der Waals surface area contributed by atoms with E-state index in [9.17, 15) is 4.79 Å². The monoisotopic (exact) mass is 447 g/mol. The van der Waals surface area contributed by atoms with Crippen molar-refractivity contribution in [3.05, 3.63) is 47.4 Å². The molecule has 0 amide bonds. The first kappa shape index (κ1) is 21.6. The van der Waals surface area contributed by atoms with Crippen LogP contribution in [0.5, 0.6) is 5.88 Å². The topological polar surface area (TPSA) is 112 Å². The second kappa shape index (κ2) is 7.66. The largest absolute Gasteiger partial charge is 0.474 e. The summed E-state index contributed by atoms with van der Waals surface area (Å²) in [5.74, 6) is 1.49. The van der Waals surface area contributed by atoms with Crippen molar-refractivity contribution in [3.63, 3.8) is 0 Å². The molecule has 4 heterocycles. The molecule has 8 heteroatoms. The number of rotatable bonds is 6. The van der Waals surface area contributed by atoms with Gasteiger partial charge in [0, 0.05) is 24.4 Å². The molecular weight excluding hydrogens is 418 g/mol. The standard InChI is InChI=1S/C25H29N5O3/c1-5-25(4,26)18-13-28-22(32-14-6-7-14)17-12-27-21(10-16(17)18)30-20-9-8-15-19(29-20)11-24(2,3)33-23(15)31/h8-10,12-14H,5-7,11,26H2,1-4H3,(H,27,29,30)/t25-/m1/s1. The highest BCUT2D eigenvalue weighted by molar-refractivity contribution is 5.93. The Labute approximate surface area is 192 Å². The van der Waals surface area contributed by atoms with E-state index in [0.29, 0.717) is 35.2 Å². The Morgan fingerprint density at radius 1 is 1.21 bits per heavy atom. The average Bonchev–Trinajstić information content (AvgIpc) is 3.56. The predicted molar refractivity (Wildman–Crippen MR) is 126 cm³/mol. The van der Waals surface area contributed by atoms with Gasteiger partial charge in [-0.2, -0.15) is 0 Å². The van der Waals surface area contributed by atoms with Gasteiger partial charge < -0.3 is 20.5 Å². The number of ether oxygens (including phenoxy) is 2. The van der Waals surface area contributed by atoms with Gasteiger partial charge in [0.15, 0.2) is 0 Å². The third-order valence-electron chi connectivity index (χ3n) is 6.30. The summed E-state index contributed by atoms with van der Waals surface area (Å²) < 4.78 is 11.5. The van der Waals surface area contributed by atoms with Crippen LogP contribution >= 0.6 is 0 Å². The molecule has 3 aromatic heterocycles. The third kappa shape index (κ3) is 4.23. The first-order valence-electron chi connectivity index (χ1n) is 11.4. The van der Waals surface area contributed by atoms with Crippen LogP contribution in [0, 0.1) is 0 Å². The normalized spacial score (nSPS) is 18.9. The Balaban J connectivity index is 1.53. The van der Waals surface area contributed by atoms with Gasteiger partial charge in [0.25, 0.3) is 0 Å². The molecule has 1 aliphatic heterocycles. The Morgan fingerprint density at radius 3 is 2.73 bits per heavy atom. The quantitative estimate of drug-likeness (QED) is 0.535. The molecule has 1 atom stereocenters. The van der Waals surface area contributed by atoms with Gasteiger partial charge in [-0.05, 0) is 69.2 Å². The molecule has 0 radical (unpaired) electrons. The van der Waals surface area contributed by atoms with Crippen LogP contribution < -0.4 is 15.8 Å². The highest BCUT2D eigenvalue weighted by Gasteiger charge is 2.33. The number of cyclic esters (lactones) is 1. The van der Waals surface area contributed by atoms with Crippen molar-refractivity contribution in [1.82, 2.24) is 15.0 Å². The van der Waals surface area contributed by atoms with E-state index in [1.807, 2.05) is 33.0 Å². The molecule has 1 saturated carbocycles. The van der Waals surface area contributed by atoms with Gasteiger partial charge in [-0.15, -0.1) is 0 Å². The van der Waals surface area contributed by atoms with Crippen LogP contribution in [0.4, 0.5) is 11.6 Å². The molecule has 2 aliphatic rings. The van der Waals surface area contributed by atoms with E-state index in [1.165, 1.54) is 0 Å². The lowest BCUT2D eigenvalue weighted by atomic mass is 9.88. The van der Waals surface area contributed by atoms with Crippen LogP contribution in [0.1, 0.15) is 68.6 Å². The number of hydrogen-bond donors (Lipinski definition) is 2. The summed E-state index contributed by atoms with van der Waals surface area (Å²) in [7, 11) is 0. The SMILES string of the molecule is CC[C@@](C)(N)c1cnc(OC2CC2)c2cnc(Nc3ccc4c(n3)CC(C)(C)OC4=O)cc12. The summed E-state index contributed by atoms with van der Waals surface area (Å²) in [5, 5.41) is 5.08. The number of nitrogens with one attached hydrogen (secondary N) is 1. The Bertz CT molecular complexity index is 1250. The van der Waals surface area contributed by atoms with Crippen molar-refractivity contribution in [3.8, 4) is 5.88 Å². The van der Waals surface area contributed by atoms with E-state index in [1.54, 1.807) is 18.3 Å². The van der Waals surface area contributed by atoms with Crippen molar-refractivity contribution in [2.75, 3.05) is 5.32 Å². The number of esters is 1. The van der Waals surface area contributed by atoms with Gasteiger partial charge in [0.05, 0.1) is 16.6 Å². The van der Waals surface area contributed by atoms with Crippen molar-refractivity contribution in [2.45, 2.75) is 70.6 Å². The minimum atomic E-state index is -0.581. The molecule has 0 spiro atoms. The number of nitrogens with two attached hydrogens (primary N) is 1. The number of nitrogens with zero attached hydrogens (tertiary/aromatic N) is 3. The number of fused-ring (bicyclic) bond motifs is 2. The Hall–Kier alpha value is -3.26. The van der Waals surface area contributed by atoms with Gasteiger partial charge in [0.2, 0.25) is 5.88 Å². The maximum Gasteiger partial charge on any atom is 0.340 e. The van der Waals surface area contributed by atoms with Crippen LogP contribution in [0.2, 0.25) is 0 Å². The number of hydrogen-bond acceptors (Lipinski definition) is 8. The lowest BCUT2D eigenvalue weighted by Gasteiger charge is -2.30. The van der Waals surface area contributed by atoms with E-state index < -0.39 is 11.1 Å². The van der Waals surface area contributed by atoms with Gasteiger partial charge in [-0.3, -0.25) is 0 Å². The van der Waals surface area contributed by atoms with E-state index in [2.05, 4.69) is 27.2 Å². The molecular formula is C25H29N5O3. The van der Waals surface area contributed by atoms with Crippen LogP contribution in [-0.2, 0) is 16.7 Å². The minimum Gasteiger partial charge on any atom is -0.474 e. The smallest absolute Gasteiger partial charge is 0.340 e. The van der Waals surface area contributed by atoms with Gasteiger partial charge in [-0.25, -0.2) is 19.7 Å². The van der Waals surface area contributed by atoms with Crippen molar-refractivity contribution in [2.24, 2.45) is 5.73 Å². The van der Waals surface area contributed by atoms with E-state index in [0.717, 1.165) is 35.6 Å². The predicted octanol–water partition coefficient (Wildman–Crippen LogP) is 4.39. The number of pyridine rings is 3. The molecule has 8 nitrogen and oxygen atoms in total.